The van der Waals surface area contributed by atoms with Crippen LogP contribution in [0.5, 0.6) is 0 Å². The Kier molecular flexibility index (Phi) is 8.56. The second kappa shape index (κ2) is 11.8. The SMILES string of the molecule is Fc1c[c-]c(-c2ccccn2)cc1.[Ir].[c-]1ccccc1-c1cc(-c2ccccc2)ccn1. The van der Waals surface area contributed by atoms with Gasteiger partial charge in [0.25, 0.3) is 0 Å². The van der Waals surface area contributed by atoms with Crippen LogP contribution in [0.1, 0.15) is 0 Å². The van der Waals surface area contributed by atoms with Crippen LogP contribution in [-0.4, -0.2) is 9.97 Å². The Hall–Kier alpha value is -3.46. The first-order chi connectivity index (χ1) is 15.3. The third-order valence-electron chi connectivity index (χ3n) is 4.57. The quantitative estimate of drug-likeness (QED) is 0.213. The van der Waals surface area contributed by atoms with Gasteiger partial charge < -0.3 is 9.97 Å². The second-order valence-electron chi connectivity index (χ2n) is 6.71. The summed E-state index contributed by atoms with van der Waals surface area (Å²) in [5, 5.41) is 0. The molecule has 32 heavy (non-hydrogen) atoms. The van der Waals surface area contributed by atoms with Crippen molar-refractivity contribution in [3.63, 3.8) is 0 Å². The number of hydrogen-bond acceptors (Lipinski definition) is 2. The van der Waals surface area contributed by atoms with Gasteiger partial charge >= 0.3 is 0 Å². The first-order valence-corrected chi connectivity index (χ1v) is 9.87. The van der Waals surface area contributed by atoms with Gasteiger partial charge in [0.15, 0.2) is 0 Å². The first kappa shape index (κ1) is 23.2. The molecule has 0 saturated carbocycles. The molecule has 0 unspecified atom stereocenters. The van der Waals surface area contributed by atoms with Gasteiger partial charge in [-0.1, -0.05) is 48.5 Å². The van der Waals surface area contributed by atoms with Crippen molar-refractivity contribution < 1.29 is 24.5 Å². The number of rotatable bonds is 3. The summed E-state index contributed by atoms with van der Waals surface area (Å²) in [6, 6.07) is 38.3. The van der Waals surface area contributed by atoms with E-state index >= 15 is 0 Å². The molecule has 0 spiro atoms. The molecule has 0 atom stereocenters. The van der Waals surface area contributed by atoms with E-state index in [-0.39, 0.29) is 25.9 Å². The van der Waals surface area contributed by atoms with Crippen LogP contribution in [0.3, 0.4) is 0 Å². The van der Waals surface area contributed by atoms with Gasteiger partial charge in [0.1, 0.15) is 0 Å². The van der Waals surface area contributed by atoms with E-state index < -0.39 is 0 Å². The summed E-state index contributed by atoms with van der Waals surface area (Å²) in [5.74, 6) is -0.278. The molecule has 2 heterocycles. The van der Waals surface area contributed by atoms with E-state index in [1.54, 1.807) is 12.3 Å². The van der Waals surface area contributed by atoms with Crippen molar-refractivity contribution in [1.29, 1.82) is 0 Å². The molecule has 5 rings (SSSR count). The van der Waals surface area contributed by atoms with Crippen molar-refractivity contribution in [2.24, 2.45) is 0 Å². The summed E-state index contributed by atoms with van der Waals surface area (Å²) >= 11 is 0. The fourth-order valence-corrected chi connectivity index (χ4v) is 3.03. The molecule has 0 aliphatic carbocycles. The Morgan fingerprint density at radius 1 is 0.594 bits per heavy atom. The van der Waals surface area contributed by atoms with Gasteiger partial charge in [-0.3, -0.25) is 4.39 Å². The monoisotopic (exact) mass is 595 g/mol. The summed E-state index contributed by atoms with van der Waals surface area (Å²) in [5.41, 5.74) is 5.98. The Balaban J connectivity index is 0.000000184. The maximum atomic E-state index is 12.6. The molecule has 159 valence electrons. The van der Waals surface area contributed by atoms with Crippen LogP contribution in [0.4, 0.5) is 4.39 Å². The van der Waals surface area contributed by atoms with E-state index in [9.17, 15) is 4.39 Å². The van der Waals surface area contributed by atoms with E-state index in [0.29, 0.717) is 0 Å². The van der Waals surface area contributed by atoms with Crippen LogP contribution in [0, 0.1) is 17.9 Å². The van der Waals surface area contributed by atoms with Crippen molar-refractivity contribution in [3.05, 3.63) is 133 Å². The molecule has 1 radical (unpaired) electrons. The minimum absolute atomic E-state index is 0. The Morgan fingerprint density at radius 3 is 2.03 bits per heavy atom. The van der Waals surface area contributed by atoms with Gasteiger partial charge in [0.05, 0.1) is 0 Å². The molecule has 2 nitrogen and oxygen atoms in total. The average molecular weight is 595 g/mol. The number of halogens is 1. The zero-order chi connectivity index (χ0) is 21.3. The summed E-state index contributed by atoms with van der Waals surface area (Å²) in [7, 11) is 0. The topological polar surface area (TPSA) is 25.8 Å². The normalized spacial score (nSPS) is 9.78. The molecule has 5 aromatic rings. The molecule has 0 aliphatic rings. The molecule has 0 amide bonds. The number of benzene rings is 3. The number of aromatic nitrogens is 2. The van der Waals surface area contributed by atoms with Crippen molar-refractivity contribution in [3.8, 4) is 33.6 Å². The number of pyridine rings is 2. The Labute approximate surface area is 201 Å². The molecule has 0 saturated heterocycles. The summed E-state index contributed by atoms with van der Waals surface area (Å²) < 4.78 is 12.6. The van der Waals surface area contributed by atoms with Gasteiger partial charge in [0, 0.05) is 38.3 Å². The Morgan fingerprint density at radius 2 is 1.34 bits per heavy atom. The van der Waals surface area contributed by atoms with Crippen molar-refractivity contribution >= 4 is 0 Å². The smallest absolute Gasteiger partial charge is 0.0379 e. The van der Waals surface area contributed by atoms with Crippen LogP contribution in [0.25, 0.3) is 33.6 Å². The number of hydrogen-bond donors (Lipinski definition) is 0. The van der Waals surface area contributed by atoms with Crippen LogP contribution in [0.15, 0.2) is 116 Å². The van der Waals surface area contributed by atoms with E-state index in [1.165, 1.54) is 23.3 Å². The predicted octanol–water partition coefficient (Wildman–Crippen LogP) is 6.90. The summed E-state index contributed by atoms with van der Waals surface area (Å²) in [6.45, 7) is 0. The standard InChI is InChI=1S/C17H12N.C11H7FN.Ir/c1-3-7-14(8-4-1)16-11-12-18-17(13-16)15-9-5-2-6-10-15;12-10-6-4-9(5-7-10)11-3-1-2-8-13-11;/h1-9,11-13H;1-4,6-8H;/q2*-1;. The van der Waals surface area contributed by atoms with E-state index in [4.69, 9.17) is 0 Å². The van der Waals surface area contributed by atoms with Gasteiger partial charge in [-0.05, 0) is 34.6 Å². The molecular formula is C28H19FIrN2-2. The second-order valence-corrected chi connectivity index (χ2v) is 6.71. The predicted molar refractivity (Wildman–Crippen MR) is 122 cm³/mol. The van der Waals surface area contributed by atoms with Crippen molar-refractivity contribution in [2.75, 3.05) is 0 Å². The third-order valence-corrected chi connectivity index (χ3v) is 4.57. The van der Waals surface area contributed by atoms with Crippen molar-refractivity contribution in [2.45, 2.75) is 0 Å². The maximum Gasteiger partial charge on any atom is 0.0379 e. The molecule has 0 N–H and O–H groups in total. The van der Waals surface area contributed by atoms with Gasteiger partial charge in [-0.15, -0.1) is 65.7 Å². The third kappa shape index (κ3) is 6.27. The molecule has 2 aromatic heterocycles. The average Bonchev–Trinajstić information content (AvgIpc) is 2.87. The molecular weight excluding hydrogens is 576 g/mol. The molecule has 0 bridgehead atoms. The van der Waals surface area contributed by atoms with Gasteiger partial charge in [0.2, 0.25) is 0 Å². The van der Waals surface area contributed by atoms with Crippen LogP contribution in [-0.2, 0) is 20.1 Å². The molecule has 0 aliphatic heterocycles. The zero-order valence-corrected chi connectivity index (χ0v) is 19.5. The fourth-order valence-electron chi connectivity index (χ4n) is 3.03. The first-order valence-electron chi connectivity index (χ1n) is 9.87. The summed E-state index contributed by atoms with van der Waals surface area (Å²) in [6.07, 6.45) is 3.55. The minimum Gasteiger partial charge on any atom is -0.305 e. The van der Waals surface area contributed by atoms with Crippen LogP contribution >= 0.6 is 0 Å². The molecule has 0 fully saturated rings. The zero-order valence-electron chi connectivity index (χ0n) is 17.1. The summed E-state index contributed by atoms with van der Waals surface area (Å²) in [4.78, 5) is 8.53. The van der Waals surface area contributed by atoms with Crippen LogP contribution in [0.2, 0.25) is 0 Å². The van der Waals surface area contributed by atoms with Gasteiger partial charge in [-0.25, -0.2) is 0 Å². The van der Waals surface area contributed by atoms with E-state index in [2.05, 4.69) is 40.3 Å². The van der Waals surface area contributed by atoms with E-state index in [1.807, 2.05) is 72.9 Å². The maximum absolute atomic E-state index is 12.6. The van der Waals surface area contributed by atoms with Gasteiger partial charge in [-0.2, -0.15) is 0 Å². The molecule has 3 aromatic carbocycles. The minimum atomic E-state index is -0.278. The van der Waals surface area contributed by atoms with E-state index in [0.717, 1.165) is 22.5 Å². The van der Waals surface area contributed by atoms with Crippen molar-refractivity contribution in [1.82, 2.24) is 9.97 Å². The largest absolute Gasteiger partial charge is 0.305 e. The Bertz CT molecular complexity index is 1160. The fraction of sp³-hybridized carbons (Fsp3) is 0. The van der Waals surface area contributed by atoms with Crippen LogP contribution < -0.4 is 0 Å². The number of nitrogens with zero attached hydrogens (tertiary/aromatic N) is 2. The molecule has 4 heteroatoms.